The molecule has 0 aromatic heterocycles. The molecule has 0 saturated carbocycles. The SMILES string of the molecule is CC/C=C\C/C=C\C/C=C\C/C=C\C/C=C\C/C=C\C/C=C\C/C=C\CCCCCCCCC(=O)NC(COC1OC(CO)C(OC2OC(CO)C(OC3OC(CO)C(O)C(O)C3O)C(O)C2O)C(O)C1O)C(O)/C=C/CCCCCCCCCCCCCCCCCCCCCCCCCCCCCCCCC. The van der Waals surface area contributed by atoms with Gasteiger partial charge in [0.15, 0.2) is 18.9 Å². The number of aliphatic hydroxyl groups is 11. The Kier molecular flexibility index (Phi) is 62.9. The van der Waals surface area contributed by atoms with E-state index in [0.29, 0.717) is 6.42 Å². The molecule has 1 amide bonds. The topological polar surface area (TPSA) is 307 Å². The minimum absolute atomic E-state index is 0.220. The van der Waals surface area contributed by atoms with Gasteiger partial charge < -0.3 is 89.9 Å². The quantitative estimate of drug-likeness (QED) is 0.0199. The lowest BCUT2D eigenvalue weighted by molar-refractivity contribution is -0.379. The van der Waals surface area contributed by atoms with Gasteiger partial charge in [-0.15, -0.1) is 0 Å². The van der Waals surface area contributed by atoms with Crippen LogP contribution in [-0.4, -0.2) is 193 Å². The molecule has 0 spiro atoms. The smallest absolute Gasteiger partial charge is 0.220 e. The van der Waals surface area contributed by atoms with Crippen molar-refractivity contribution in [1.29, 1.82) is 0 Å². The maximum Gasteiger partial charge on any atom is 0.220 e. The van der Waals surface area contributed by atoms with Crippen LogP contribution in [0.25, 0.3) is 0 Å². The third-order valence-electron chi connectivity index (χ3n) is 21.1. The van der Waals surface area contributed by atoms with E-state index < -0.39 is 124 Å². The number of rotatable bonds is 69. The maximum atomic E-state index is 13.5. The zero-order chi connectivity index (χ0) is 78.8. The van der Waals surface area contributed by atoms with Gasteiger partial charge in [0.2, 0.25) is 5.91 Å². The van der Waals surface area contributed by atoms with Gasteiger partial charge in [-0.2, -0.15) is 0 Å². The molecule has 17 unspecified atom stereocenters. The third-order valence-corrected chi connectivity index (χ3v) is 21.1. The number of carbonyl (C=O) groups is 1. The number of nitrogens with one attached hydrogen (secondary N) is 1. The lowest BCUT2D eigenvalue weighted by Gasteiger charge is -2.48. The van der Waals surface area contributed by atoms with Crippen LogP contribution in [0.15, 0.2) is 109 Å². The molecular formula is C90H157NO18. The van der Waals surface area contributed by atoms with Gasteiger partial charge in [0.25, 0.3) is 0 Å². The lowest BCUT2D eigenvalue weighted by atomic mass is 9.96. The summed E-state index contributed by atoms with van der Waals surface area (Å²) in [6, 6.07) is -0.992. The van der Waals surface area contributed by atoms with Crippen LogP contribution < -0.4 is 5.32 Å². The standard InChI is InChI=1S/C90H157NO18/c1-3-5-7-9-11-13-15-17-19-21-23-25-27-29-31-33-35-36-38-39-41-43-45-47-49-51-53-55-57-59-61-63-65-67-74(95)73(91-78(96)68-66-64-62-60-58-56-54-52-50-48-46-44-42-40-37-34-32-30-28-26-24-22-20-18-16-14-12-10-8-6-4-2)72-104-88-84(102)81(99)86(76(70-93)106-88)109-90-85(103)82(100)87(77(71-94)107-90)108-89-83(101)80(98)79(97)75(69-92)105-89/h6,8,12,14,18,20,24,26,30,32,37,40,44,46,50,52,65,67,73-77,79-90,92-95,97-103H,3-5,7,9-11,13,15-17,19,21-23,25,27-29,31,33-36,38-39,41-43,45,47-49,51,53-64,66,68-72H2,1-2H3,(H,91,96)/b8-6-,14-12-,20-18-,26-24-,32-30-,40-37-,46-44-,52-50-,67-65+. The molecule has 630 valence electrons. The van der Waals surface area contributed by atoms with Gasteiger partial charge in [0, 0.05) is 6.42 Å². The highest BCUT2D eigenvalue weighted by Crippen LogP contribution is 2.33. The first-order chi connectivity index (χ1) is 53.3. The van der Waals surface area contributed by atoms with Crippen LogP contribution in [0.3, 0.4) is 0 Å². The number of hydrogen-bond donors (Lipinski definition) is 12. The molecule has 109 heavy (non-hydrogen) atoms. The molecule has 17 atom stereocenters. The van der Waals surface area contributed by atoms with Crippen molar-refractivity contribution in [3.8, 4) is 0 Å². The second-order valence-corrected chi connectivity index (χ2v) is 30.6. The van der Waals surface area contributed by atoms with Gasteiger partial charge in [-0.3, -0.25) is 4.79 Å². The van der Waals surface area contributed by atoms with E-state index in [1.54, 1.807) is 6.08 Å². The second kappa shape index (κ2) is 68.8. The summed E-state index contributed by atoms with van der Waals surface area (Å²) < 4.78 is 34.5. The normalized spacial score (nSPS) is 25.8. The minimum Gasteiger partial charge on any atom is -0.394 e. The summed E-state index contributed by atoms with van der Waals surface area (Å²) in [5, 5.41) is 121. The Morgan fingerprint density at radius 1 is 0.339 bits per heavy atom. The Morgan fingerprint density at radius 2 is 0.633 bits per heavy atom. The maximum absolute atomic E-state index is 13.5. The molecule has 3 fully saturated rings. The van der Waals surface area contributed by atoms with Crippen molar-refractivity contribution in [2.75, 3.05) is 26.4 Å². The number of aliphatic hydroxyl groups excluding tert-OH is 11. The predicted molar refractivity (Wildman–Crippen MR) is 438 cm³/mol. The molecule has 0 aliphatic carbocycles. The highest BCUT2D eigenvalue weighted by Gasteiger charge is 2.54. The van der Waals surface area contributed by atoms with Crippen molar-refractivity contribution in [3.63, 3.8) is 0 Å². The number of amides is 1. The third kappa shape index (κ3) is 47.8. The molecule has 3 rings (SSSR count). The van der Waals surface area contributed by atoms with Crippen LogP contribution in [0.5, 0.6) is 0 Å². The lowest BCUT2D eigenvalue weighted by Crippen LogP contribution is -2.66. The Bertz CT molecular complexity index is 2390. The van der Waals surface area contributed by atoms with E-state index in [4.69, 9.17) is 28.4 Å². The van der Waals surface area contributed by atoms with E-state index in [-0.39, 0.29) is 18.9 Å². The molecule has 0 bridgehead atoms. The Labute approximate surface area is 659 Å². The summed E-state index contributed by atoms with van der Waals surface area (Å²) in [6.07, 6.45) is 69.4. The van der Waals surface area contributed by atoms with Crippen molar-refractivity contribution >= 4 is 5.91 Å². The number of hydrogen-bond acceptors (Lipinski definition) is 18. The first-order valence-corrected chi connectivity index (χ1v) is 43.6. The molecule has 0 aromatic carbocycles. The summed E-state index contributed by atoms with van der Waals surface area (Å²) in [7, 11) is 0. The molecular weight excluding hydrogens is 1380 g/mol. The van der Waals surface area contributed by atoms with Crippen LogP contribution in [0.2, 0.25) is 0 Å². The molecule has 19 nitrogen and oxygen atoms in total. The van der Waals surface area contributed by atoms with Crippen molar-refractivity contribution in [1.82, 2.24) is 5.32 Å². The fourth-order valence-electron chi connectivity index (χ4n) is 14.2. The zero-order valence-corrected chi connectivity index (χ0v) is 67.8. The summed E-state index contributed by atoms with van der Waals surface area (Å²) in [5.74, 6) is -0.291. The van der Waals surface area contributed by atoms with Gasteiger partial charge in [-0.25, -0.2) is 0 Å². The fraction of sp³-hybridized carbons (Fsp3) is 0.789. The predicted octanol–water partition coefficient (Wildman–Crippen LogP) is 16.1. The van der Waals surface area contributed by atoms with E-state index in [0.717, 1.165) is 116 Å². The molecule has 0 aromatic rings. The van der Waals surface area contributed by atoms with E-state index in [2.05, 4.69) is 116 Å². The highest BCUT2D eigenvalue weighted by atomic mass is 16.8. The van der Waals surface area contributed by atoms with E-state index >= 15 is 0 Å². The van der Waals surface area contributed by atoms with Crippen molar-refractivity contribution in [2.24, 2.45) is 0 Å². The van der Waals surface area contributed by atoms with Gasteiger partial charge in [-0.1, -0.05) is 342 Å². The molecule has 3 saturated heterocycles. The van der Waals surface area contributed by atoms with Crippen LogP contribution >= 0.6 is 0 Å². The van der Waals surface area contributed by atoms with Gasteiger partial charge in [-0.05, 0) is 83.5 Å². The molecule has 0 radical (unpaired) electrons. The first-order valence-electron chi connectivity index (χ1n) is 43.6. The number of allylic oxidation sites excluding steroid dienone is 17. The van der Waals surface area contributed by atoms with E-state index in [9.17, 15) is 61.0 Å². The molecule has 3 aliphatic heterocycles. The van der Waals surface area contributed by atoms with E-state index in [1.807, 2.05) is 6.08 Å². The highest BCUT2D eigenvalue weighted by molar-refractivity contribution is 5.76. The summed E-state index contributed by atoms with van der Waals surface area (Å²) in [6.45, 7) is 1.64. The number of ether oxygens (including phenoxy) is 6. The number of unbranched alkanes of at least 4 members (excludes halogenated alkanes) is 37. The Morgan fingerprint density at radius 3 is 0.991 bits per heavy atom. The second-order valence-electron chi connectivity index (χ2n) is 30.6. The largest absolute Gasteiger partial charge is 0.394 e. The Balaban J connectivity index is 1.36. The average molecular weight is 1540 g/mol. The molecule has 3 heterocycles. The molecule has 3 aliphatic rings. The minimum atomic E-state index is -1.99. The monoisotopic (exact) mass is 1540 g/mol. The van der Waals surface area contributed by atoms with Gasteiger partial charge >= 0.3 is 0 Å². The molecule has 19 heteroatoms. The van der Waals surface area contributed by atoms with Crippen LogP contribution in [-0.2, 0) is 33.2 Å². The summed E-state index contributed by atoms with van der Waals surface area (Å²) in [4.78, 5) is 13.5. The van der Waals surface area contributed by atoms with Crippen molar-refractivity contribution in [2.45, 2.75) is 426 Å². The van der Waals surface area contributed by atoms with Gasteiger partial charge in [0.1, 0.15) is 73.2 Å². The van der Waals surface area contributed by atoms with Crippen LogP contribution in [0.1, 0.15) is 322 Å². The zero-order valence-electron chi connectivity index (χ0n) is 67.8. The molecule has 12 N–H and O–H groups in total. The fourth-order valence-corrected chi connectivity index (χ4v) is 14.2. The van der Waals surface area contributed by atoms with Gasteiger partial charge in [0.05, 0.1) is 38.6 Å². The Hall–Kier alpha value is -3.55. The summed E-state index contributed by atoms with van der Waals surface area (Å²) >= 11 is 0. The van der Waals surface area contributed by atoms with E-state index in [1.165, 1.54) is 180 Å². The number of carbonyl (C=O) groups excluding carboxylic acids is 1. The van der Waals surface area contributed by atoms with Crippen molar-refractivity contribution in [3.05, 3.63) is 109 Å². The summed E-state index contributed by atoms with van der Waals surface area (Å²) in [5.41, 5.74) is 0. The average Bonchev–Trinajstić information content (AvgIpc) is 0.782. The first kappa shape index (κ1) is 99.6. The van der Waals surface area contributed by atoms with Crippen LogP contribution in [0, 0.1) is 0 Å². The van der Waals surface area contributed by atoms with Crippen molar-refractivity contribution < 1.29 is 89.4 Å². The van der Waals surface area contributed by atoms with Crippen LogP contribution in [0.4, 0.5) is 0 Å².